The minimum Gasteiger partial charge on any atom is -0.497 e. The van der Waals surface area contributed by atoms with Crippen LogP contribution in [0.15, 0.2) is 35.5 Å². The monoisotopic (exact) mass is 310 g/mol. The Balaban J connectivity index is 2.38. The van der Waals surface area contributed by atoms with E-state index in [4.69, 9.17) is 15.2 Å². The molecule has 0 saturated carbocycles. The van der Waals surface area contributed by atoms with Crippen molar-refractivity contribution in [3.8, 4) is 11.5 Å². The van der Waals surface area contributed by atoms with Gasteiger partial charge in [-0.05, 0) is 12.1 Å². The molecule has 0 spiro atoms. The lowest BCUT2D eigenvalue weighted by Gasteiger charge is -2.12. The topological polar surface area (TPSA) is 116 Å². The SMILES string of the molecule is COc1ccc(OC)c(NS(=O)(=O)c2cnc(N)nc2)c1. The van der Waals surface area contributed by atoms with E-state index in [-0.39, 0.29) is 16.5 Å². The highest BCUT2D eigenvalue weighted by atomic mass is 32.2. The van der Waals surface area contributed by atoms with Gasteiger partial charge in [0.1, 0.15) is 16.4 Å². The van der Waals surface area contributed by atoms with Crippen molar-refractivity contribution in [2.45, 2.75) is 4.90 Å². The summed E-state index contributed by atoms with van der Waals surface area (Å²) in [6.45, 7) is 0. The van der Waals surface area contributed by atoms with Gasteiger partial charge >= 0.3 is 0 Å². The summed E-state index contributed by atoms with van der Waals surface area (Å²) in [7, 11) is -0.937. The van der Waals surface area contributed by atoms with Gasteiger partial charge in [-0.1, -0.05) is 0 Å². The number of nitrogens with one attached hydrogen (secondary N) is 1. The molecule has 112 valence electrons. The molecule has 1 aromatic carbocycles. The second-order valence-corrected chi connectivity index (χ2v) is 5.63. The number of nitrogens with zero attached hydrogens (tertiary/aromatic N) is 2. The maximum atomic E-state index is 12.3. The normalized spacial score (nSPS) is 11.0. The van der Waals surface area contributed by atoms with E-state index in [1.165, 1.54) is 20.3 Å². The lowest BCUT2D eigenvalue weighted by Crippen LogP contribution is -2.14. The maximum absolute atomic E-state index is 12.3. The number of methoxy groups -OCH3 is 2. The average Bonchev–Trinajstić information content (AvgIpc) is 2.47. The van der Waals surface area contributed by atoms with Crippen molar-refractivity contribution in [1.29, 1.82) is 0 Å². The van der Waals surface area contributed by atoms with Crippen LogP contribution in [0.4, 0.5) is 11.6 Å². The molecule has 9 heteroatoms. The molecule has 3 N–H and O–H groups in total. The molecule has 0 aliphatic rings. The molecule has 0 bridgehead atoms. The number of rotatable bonds is 5. The molecular weight excluding hydrogens is 296 g/mol. The van der Waals surface area contributed by atoms with Gasteiger partial charge in [-0.3, -0.25) is 4.72 Å². The molecule has 0 amide bonds. The number of anilines is 2. The fraction of sp³-hybridized carbons (Fsp3) is 0.167. The van der Waals surface area contributed by atoms with Crippen molar-refractivity contribution in [1.82, 2.24) is 9.97 Å². The van der Waals surface area contributed by atoms with Crippen LogP contribution < -0.4 is 19.9 Å². The molecule has 8 nitrogen and oxygen atoms in total. The van der Waals surface area contributed by atoms with Gasteiger partial charge in [-0.2, -0.15) is 0 Å². The minimum absolute atomic E-state index is 0.00656. The second-order valence-electron chi connectivity index (χ2n) is 3.95. The molecule has 0 radical (unpaired) electrons. The van der Waals surface area contributed by atoms with Crippen LogP contribution in [0.3, 0.4) is 0 Å². The van der Waals surface area contributed by atoms with Crippen molar-refractivity contribution in [3.63, 3.8) is 0 Å². The number of hydrogen-bond donors (Lipinski definition) is 2. The van der Waals surface area contributed by atoms with Gasteiger partial charge in [0.25, 0.3) is 10.0 Å². The minimum atomic E-state index is -3.85. The Bertz CT molecular complexity index is 731. The first-order valence-electron chi connectivity index (χ1n) is 5.78. The zero-order valence-corrected chi connectivity index (χ0v) is 12.2. The van der Waals surface area contributed by atoms with Crippen molar-refractivity contribution in [3.05, 3.63) is 30.6 Å². The lowest BCUT2D eigenvalue weighted by atomic mass is 10.3. The molecule has 2 aromatic rings. The lowest BCUT2D eigenvalue weighted by molar-refractivity contribution is 0.405. The summed E-state index contributed by atoms with van der Waals surface area (Å²) in [4.78, 5) is 7.20. The average molecular weight is 310 g/mol. The van der Waals surface area contributed by atoms with Crippen LogP contribution in [0.1, 0.15) is 0 Å². The Morgan fingerprint density at radius 3 is 2.38 bits per heavy atom. The summed E-state index contributed by atoms with van der Waals surface area (Å²) in [5.74, 6) is 0.839. The number of ether oxygens (including phenoxy) is 2. The third-order valence-corrected chi connectivity index (χ3v) is 3.93. The van der Waals surface area contributed by atoms with Gasteiger partial charge in [0.15, 0.2) is 0 Å². The fourth-order valence-corrected chi connectivity index (χ4v) is 2.51. The van der Waals surface area contributed by atoms with Gasteiger partial charge < -0.3 is 15.2 Å². The van der Waals surface area contributed by atoms with Gasteiger partial charge in [0.2, 0.25) is 5.95 Å². The predicted molar refractivity (Wildman–Crippen MR) is 76.8 cm³/mol. The number of nitrogens with two attached hydrogens (primary N) is 1. The number of hydrogen-bond acceptors (Lipinski definition) is 7. The first-order chi connectivity index (χ1) is 9.96. The van der Waals surface area contributed by atoms with Gasteiger partial charge in [0, 0.05) is 6.07 Å². The molecule has 0 saturated heterocycles. The van der Waals surface area contributed by atoms with E-state index >= 15 is 0 Å². The third kappa shape index (κ3) is 3.31. The van der Waals surface area contributed by atoms with Crippen LogP contribution in [0.5, 0.6) is 11.5 Å². The molecule has 0 aliphatic carbocycles. The van der Waals surface area contributed by atoms with E-state index in [0.29, 0.717) is 11.5 Å². The molecule has 0 atom stereocenters. The fourth-order valence-electron chi connectivity index (χ4n) is 1.56. The van der Waals surface area contributed by atoms with Crippen LogP contribution >= 0.6 is 0 Å². The number of aromatic nitrogens is 2. The highest BCUT2D eigenvalue weighted by molar-refractivity contribution is 7.92. The standard InChI is InChI=1S/C12H14N4O4S/c1-19-8-3-4-11(20-2)10(5-8)16-21(17,18)9-6-14-12(13)15-7-9/h3-7,16H,1-2H3,(H2,13,14,15). The van der Waals surface area contributed by atoms with Crippen LogP contribution in [-0.4, -0.2) is 32.6 Å². The summed E-state index contributed by atoms with van der Waals surface area (Å²) in [6, 6.07) is 4.76. The molecule has 2 rings (SSSR count). The first kappa shape index (κ1) is 14.9. The quantitative estimate of drug-likeness (QED) is 0.841. The van der Waals surface area contributed by atoms with Gasteiger partial charge in [0.05, 0.1) is 32.3 Å². The molecule has 0 fully saturated rings. The molecule has 0 aliphatic heterocycles. The zero-order chi connectivity index (χ0) is 15.5. The molecule has 1 heterocycles. The van der Waals surface area contributed by atoms with Crippen LogP contribution in [-0.2, 0) is 10.0 Å². The zero-order valence-electron chi connectivity index (χ0n) is 11.4. The van der Waals surface area contributed by atoms with Crippen molar-refractivity contribution >= 4 is 21.7 Å². The Morgan fingerprint density at radius 1 is 1.14 bits per heavy atom. The van der Waals surface area contributed by atoms with Crippen LogP contribution in [0.25, 0.3) is 0 Å². The van der Waals surface area contributed by atoms with Crippen LogP contribution in [0.2, 0.25) is 0 Å². The molecular formula is C12H14N4O4S. The third-order valence-electron chi connectivity index (χ3n) is 2.61. The smallest absolute Gasteiger partial charge is 0.265 e. The Morgan fingerprint density at radius 2 is 1.81 bits per heavy atom. The van der Waals surface area contributed by atoms with Gasteiger partial charge in [-0.25, -0.2) is 18.4 Å². The highest BCUT2D eigenvalue weighted by Gasteiger charge is 2.18. The number of nitrogen functional groups attached to an aromatic ring is 1. The van der Waals surface area contributed by atoms with E-state index in [1.54, 1.807) is 12.1 Å². The summed E-state index contributed by atoms with van der Waals surface area (Å²) in [5, 5.41) is 0. The maximum Gasteiger partial charge on any atom is 0.265 e. The number of sulfonamides is 1. The van der Waals surface area contributed by atoms with E-state index in [1.807, 2.05) is 0 Å². The molecule has 1 aromatic heterocycles. The summed E-state index contributed by atoms with van der Waals surface area (Å²) >= 11 is 0. The Kier molecular flexibility index (Phi) is 4.13. The highest BCUT2D eigenvalue weighted by Crippen LogP contribution is 2.30. The van der Waals surface area contributed by atoms with Crippen molar-refractivity contribution in [2.75, 3.05) is 24.7 Å². The molecule has 0 unspecified atom stereocenters. The summed E-state index contributed by atoms with van der Waals surface area (Å²) in [5.41, 5.74) is 5.58. The van der Waals surface area contributed by atoms with Crippen LogP contribution in [0, 0.1) is 0 Å². The second kappa shape index (κ2) is 5.83. The van der Waals surface area contributed by atoms with E-state index in [0.717, 1.165) is 12.4 Å². The van der Waals surface area contributed by atoms with Crippen molar-refractivity contribution < 1.29 is 17.9 Å². The Labute approximate surface area is 122 Å². The Hall–Kier alpha value is -2.55. The largest absolute Gasteiger partial charge is 0.497 e. The number of benzene rings is 1. The predicted octanol–water partition coefficient (Wildman–Crippen LogP) is 0.877. The summed E-state index contributed by atoms with van der Waals surface area (Å²) < 4.78 is 37.1. The summed E-state index contributed by atoms with van der Waals surface area (Å²) in [6.07, 6.45) is 2.24. The van der Waals surface area contributed by atoms with E-state index in [2.05, 4.69) is 14.7 Å². The first-order valence-corrected chi connectivity index (χ1v) is 7.27. The van der Waals surface area contributed by atoms with E-state index < -0.39 is 10.0 Å². The van der Waals surface area contributed by atoms with Crippen molar-refractivity contribution in [2.24, 2.45) is 0 Å². The van der Waals surface area contributed by atoms with E-state index in [9.17, 15) is 8.42 Å². The van der Waals surface area contributed by atoms with Gasteiger partial charge in [-0.15, -0.1) is 0 Å². The molecule has 21 heavy (non-hydrogen) atoms.